The Morgan fingerprint density at radius 2 is 0.333 bits per heavy atom. The first-order valence-corrected chi connectivity index (χ1v) is 10.0. The van der Waals surface area contributed by atoms with Crippen LogP contribution in [0.3, 0.4) is 0 Å². The molecule has 20 nitrogen and oxygen atoms in total. The van der Waals surface area contributed by atoms with E-state index >= 15 is 0 Å². The molecule has 1 radical (unpaired) electrons. The Morgan fingerprint density at radius 1 is 0.333 bits per heavy atom. The molecule has 0 aliphatic heterocycles. The second-order valence-electron chi connectivity index (χ2n) is 2.04. The van der Waals surface area contributed by atoms with Crippen molar-refractivity contribution in [2.75, 3.05) is 0 Å². The summed E-state index contributed by atoms with van der Waals surface area (Å²) in [4.78, 5) is 0. The zero-order valence-corrected chi connectivity index (χ0v) is 30.5. The van der Waals surface area contributed by atoms with Gasteiger partial charge < -0.3 is 45.5 Å². The molecule has 0 N–H and O–H groups in total. The van der Waals surface area contributed by atoms with Crippen LogP contribution >= 0.6 is 0 Å². The van der Waals surface area contributed by atoms with Crippen LogP contribution in [0.5, 0.6) is 0 Å². The van der Waals surface area contributed by atoms with Crippen molar-refractivity contribution in [2.45, 2.75) is 0 Å². The summed E-state index contributed by atoms with van der Waals surface area (Å²) >= 11 is 0. The Labute approximate surface area is 256 Å². The third-order valence-electron chi connectivity index (χ3n) is 0. The predicted molar refractivity (Wildman–Crippen MR) is 58.1 cm³/mol. The predicted octanol–water partition coefficient (Wildman–Crippen LogP) is -7.08. The van der Waals surface area contributed by atoms with Crippen molar-refractivity contribution in [1.29, 1.82) is 0 Å². The summed E-state index contributed by atoms with van der Waals surface area (Å²) in [5.74, 6) is 0. The first kappa shape index (κ1) is 64.0. The van der Waals surface area contributed by atoms with Crippen LogP contribution in [0.1, 0.15) is 0 Å². The van der Waals surface area contributed by atoms with Crippen molar-refractivity contribution < 1.29 is 171 Å². The van der Waals surface area contributed by atoms with Gasteiger partial charge in [0.05, 0.1) is 0 Å². The summed E-state index contributed by atoms with van der Waals surface area (Å²) in [6, 6.07) is 0. The Morgan fingerprint density at radius 3 is 0.333 bits per heavy atom. The molecule has 0 atom stereocenters. The second-order valence-corrected chi connectivity index (χ2v) is 6.12. The smallest absolute Gasteiger partial charge is 0.759 e. The van der Waals surface area contributed by atoms with Crippen LogP contribution in [-0.4, -0.2) is 125 Å². The Balaban J connectivity index is -0.0000000200. The molecule has 0 fully saturated rings. The van der Waals surface area contributed by atoms with Crippen molar-refractivity contribution >= 4 is 89.7 Å². The van der Waals surface area contributed by atoms with Crippen LogP contribution in [0, 0.1) is 0 Å². The van der Waals surface area contributed by atoms with Gasteiger partial charge >= 0.3 is 121 Å². The number of hydrogen-bond donors (Lipinski definition) is 0. The van der Waals surface area contributed by atoms with Gasteiger partial charge in [0.25, 0.3) is 0 Å². The van der Waals surface area contributed by atoms with Gasteiger partial charge in [0.1, 0.15) is 0 Å². The maximum Gasteiger partial charge on any atom is 2.00 e. The number of rotatable bonds is 0. The average molecular weight is 827 g/mol. The summed E-state index contributed by atoms with van der Waals surface area (Å²) in [5.41, 5.74) is 0. The minimum absolute atomic E-state index is 0. The second kappa shape index (κ2) is 28.5. The van der Waals surface area contributed by atoms with Crippen molar-refractivity contribution in [3.63, 3.8) is 0 Å². The summed E-state index contributed by atoms with van der Waals surface area (Å²) < 4.78 is 170. The average Bonchev–Trinajstić information content (AvgIpc) is 1.79. The van der Waals surface area contributed by atoms with E-state index in [-0.39, 0.29) is 121 Å². The maximum absolute atomic E-state index is 8.52. The van der Waals surface area contributed by atoms with Crippen LogP contribution in [0.15, 0.2) is 0 Å². The van der Waals surface area contributed by atoms with Crippen molar-refractivity contribution in [3.05, 3.63) is 0 Å². The van der Waals surface area contributed by atoms with E-state index in [0.717, 1.165) is 0 Å². The van der Waals surface area contributed by atoms with Gasteiger partial charge in [0.2, 0.25) is 0 Å². The number of hydrogen-bond acceptors (Lipinski definition) is 20. The minimum Gasteiger partial charge on any atom is -0.759 e. The molecule has 0 amide bonds. The van der Waals surface area contributed by atoms with Gasteiger partial charge in [-0.05, 0) is 0 Å². The van der Waals surface area contributed by atoms with E-state index in [1.54, 1.807) is 0 Å². The van der Waals surface area contributed by atoms with E-state index in [0.29, 0.717) is 0 Å². The Hall–Kier alpha value is 3.30. The first-order chi connectivity index (χ1) is 10.0. The summed E-state index contributed by atoms with van der Waals surface area (Å²) in [6.07, 6.45) is 0. The van der Waals surface area contributed by atoms with Gasteiger partial charge in [0, 0.05) is 52.0 Å². The molecular formula is CaCdCuO20S5Zn2. The van der Waals surface area contributed by atoms with Crippen LogP contribution in [-0.2, 0) is 135 Å². The molecule has 0 aromatic rings. The zero-order valence-electron chi connectivity index (χ0n) is 13.3. The molecule has 0 aromatic heterocycles. The topological polar surface area (TPSA) is 401 Å². The third-order valence-corrected chi connectivity index (χ3v) is 0. The molecule has 0 saturated heterocycles. The van der Waals surface area contributed by atoms with E-state index in [2.05, 4.69) is 0 Å². The molecule has 0 unspecified atom stereocenters. The van der Waals surface area contributed by atoms with Crippen LogP contribution < -0.4 is 0 Å². The molecule has 0 aliphatic rings. The molecule has 0 aliphatic carbocycles. The SMILES string of the molecule is O=S(=O)([O-])[O-].O=S(=O)([O-])[O-].O=S(=O)([O-])[O-].O=S(=O)([O-])[O-].O=S(=O)([O-])[O-].[Ca+2].[Cd+2].[Cu+2].[Zn+2].[Zn+2]. The molecule has 0 spiro atoms. The third kappa shape index (κ3) is 2640. The first-order valence-electron chi connectivity index (χ1n) is 3.33. The van der Waals surface area contributed by atoms with E-state index in [4.69, 9.17) is 87.6 Å². The van der Waals surface area contributed by atoms with Gasteiger partial charge in [0.15, 0.2) is 0 Å². The minimum atomic E-state index is -5.17. The van der Waals surface area contributed by atoms with Crippen molar-refractivity contribution in [2.24, 2.45) is 0 Å². The summed E-state index contributed by atoms with van der Waals surface area (Å²) in [7, 11) is -25.8. The Bertz CT molecular complexity index is 637. The molecule has 0 aromatic carbocycles. The molecule has 0 saturated carbocycles. The van der Waals surface area contributed by atoms with Gasteiger partial charge in [-0.3, -0.25) is 42.1 Å². The van der Waals surface area contributed by atoms with Crippen molar-refractivity contribution in [1.82, 2.24) is 0 Å². The fraction of sp³-hybridized carbons (Fsp3) is 0. The van der Waals surface area contributed by atoms with Gasteiger partial charge in [-0.1, -0.05) is 0 Å². The van der Waals surface area contributed by atoms with Gasteiger partial charge in [-0.25, -0.2) is 0 Å². The normalized spacial score (nSPS) is 9.67. The van der Waals surface area contributed by atoms with E-state index in [1.807, 2.05) is 0 Å². The molecular weight excluding hydrogens is 827 g/mol. The van der Waals surface area contributed by atoms with Crippen LogP contribution in [0.25, 0.3) is 0 Å². The fourth-order valence-corrected chi connectivity index (χ4v) is 0. The fourth-order valence-electron chi connectivity index (χ4n) is 0. The van der Waals surface area contributed by atoms with Gasteiger partial charge in [-0.2, -0.15) is 0 Å². The van der Waals surface area contributed by atoms with Crippen molar-refractivity contribution in [3.8, 4) is 0 Å². The summed E-state index contributed by atoms with van der Waals surface area (Å²) in [5, 5.41) is 0. The molecule has 30 heteroatoms. The van der Waals surface area contributed by atoms with Crippen LogP contribution in [0.2, 0.25) is 0 Å². The van der Waals surface area contributed by atoms with Crippen LogP contribution in [0.4, 0.5) is 0 Å². The molecule has 0 rings (SSSR count). The van der Waals surface area contributed by atoms with Gasteiger partial charge in [-0.15, -0.1) is 0 Å². The molecule has 0 heterocycles. The quantitative estimate of drug-likeness (QED) is 0.124. The largest absolute Gasteiger partial charge is 2.00 e. The maximum atomic E-state index is 8.52. The Kier molecular flexibility index (Phi) is 60.9. The summed E-state index contributed by atoms with van der Waals surface area (Å²) in [6.45, 7) is 0. The molecule has 169 valence electrons. The standard InChI is InChI=1S/Ca.Cd.Cu.5H2O4S.2Zn/c;;;5*1-5(2,3)4;;/h;;;5*(H2,1,2,3,4);;/q3*+2;;;;;;2*+2/p-10. The monoisotopic (exact) mass is 824 g/mol. The van der Waals surface area contributed by atoms with E-state index in [9.17, 15) is 0 Å². The van der Waals surface area contributed by atoms with E-state index in [1.165, 1.54) is 0 Å². The molecule has 0 bridgehead atoms. The zero-order chi connectivity index (χ0) is 22.5. The van der Waals surface area contributed by atoms with E-state index < -0.39 is 52.0 Å². The molecule has 30 heavy (non-hydrogen) atoms.